The van der Waals surface area contributed by atoms with Crippen molar-refractivity contribution >= 4 is 17.5 Å². The number of methoxy groups -OCH3 is 2. The third kappa shape index (κ3) is 2.94. The van der Waals surface area contributed by atoms with E-state index in [0.29, 0.717) is 23.0 Å². The summed E-state index contributed by atoms with van der Waals surface area (Å²) in [6.45, 7) is 0. The minimum absolute atomic E-state index is 0.142. The maximum Gasteiger partial charge on any atom is 0.356 e. The molecule has 2 N–H and O–H groups in total. The van der Waals surface area contributed by atoms with Crippen LogP contribution in [0.2, 0.25) is 0 Å². The van der Waals surface area contributed by atoms with Gasteiger partial charge in [-0.1, -0.05) is 0 Å². The minimum Gasteiger partial charge on any atom is -0.497 e. The highest BCUT2D eigenvalue weighted by molar-refractivity contribution is 5.85. The van der Waals surface area contributed by atoms with Gasteiger partial charge in [0.15, 0.2) is 5.69 Å². The molecule has 7 heteroatoms. The monoisotopic (exact) mass is 275 g/mol. The summed E-state index contributed by atoms with van der Waals surface area (Å²) in [4.78, 5) is 18.6. The number of hydrogen-bond donors (Lipinski definition) is 2. The Kier molecular flexibility index (Phi) is 3.99. The molecule has 0 radical (unpaired) electrons. The van der Waals surface area contributed by atoms with Crippen LogP contribution in [0.4, 0.5) is 11.5 Å². The topological polar surface area (TPSA) is 93.6 Å². The van der Waals surface area contributed by atoms with E-state index >= 15 is 0 Å². The molecule has 0 atom stereocenters. The van der Waals surface area contributed by atoms with E-state index in [4.69, 9.17) is 14.6 Å². The Morgan fingerprint density at radius 2 is 2.05 bits per heavy atom. The Labute approximate surface area is 115 Å². The van der Waals surface area contributed by atoms with Crippen molar-refractivity contribution in [3.8, 4) is 11.5 Å². The molecular formula is C13H13N3O4. The van der Waals surface area contributed by atoms with Crippen LogP contribution < -0.4 is 14.8 Å². The fourth-order valence-corrected chi connectivity index (χ4v) is 1.58. The van der Waals surface area contributed by atoms with Gasteiger partial charge in [0.2, 0.25) is 0 Å². The van der Waals surface area contributed by atoms with E-state index in [1.807, 2.05) is 0 Å². The largest absolute Gasteiger partial charge is 0.497 e. The Bertz CT molecular complexity index is 631. The first-order chi connectivity index (χ1) is 9.63. The Morgan fingerprint density at radius 1 is 1.25 bits per heavy atom. The lowest BCUT2D eigenvalue weighted by atomic mass is 10.2. The first-order valence-electron chi connectivity index (χ1n) is 5.68. The van der Waals surface area contributed by atoms with Crippen LogP contribution in [0.1, 0.15) is 10.5 Å². The minimum atomic E-state index is -1.14. The first-order valence-corrected chi connectivity index (χ1v) is 5.68. The predicted molar refractivity (Wildman–Crippen MR) is 71.8 cm³/mol. The van der Waals surface area contributed by atoms with E-state index in [9.17, 15) is 4.79 Å². The second-order valence-corrected chi connectivity index (χ2v) is 3.79. The average molecular weight is 275 g/mol. The summed E-state index contributed by atoms with van der Waals surface area (Å²) < 4.78 is 10.3. The van der Waals surface area contributed by atoms with Crippen LogP contribution in [0.3, 0.4) is 0 Å². The van der Waals surface area contributed by atoms with Crippen molar-refractivity contribution in [2.24, 2.45) is 0 Å². The van der Waals surface area contributed by atoms with Gasteiger partial charge >= 0.3 is 5.97 Å². The molecule has 0 aliphatic heterocycles. The van der Waals surface area contributed by atoms with Gasteiger partial charge in [-0.2, -0.15) is 0 Å². The lowest BCUT2D eigenvalue weighted by Crippen LogP contribution is -2.04. The van der Waals surface area contributed by atoms with Gasteiger partial charge in [-0.15, -0.1) is 0 Å². The van der Waals surface area contributed by atoms with Crippen LogP contribution in [-0.2, 0) is 0 Å². The number of benzene rings is 1. The molecular weight excluding hydrogens is 262 g/mol. The molecule has 0 saturated carbocycles. The molecule has 104 valence electrons. The van der Waals surface area contributed by atoms with Crippen molar-refractivity contribution in [1.29, 1.82) is 0 Å². The van der Waals surface area contributed by atoms with Gasteiger partial charge in [-0.05, 0) is 12.1 Å². The van der Waals surface area contributed by atoms with Gasteiger partial charge in [0.05, 0.1) is 32.3 Å². The van der Waals surface area contributed by atoms with Gasteiger partial charge in [0.1, 0.15) is 17.3 Å². The van der Waals surface area contributed by atoms with Crippen molar-refractivity contribution in [1.82, 2.24) is 9.97 Å². The zero-order valence-corrected chi connectivity index (χ0v) is 11.0. The molecule has 0 saturated heterocycles. The zero-order chi connectivity index (χ0) is 14.5. The number of carbonyl (C=O) groups is 1. The van der Waals surface area contributed by atoms with Crippen LogP contribution in [0, 0.1) is 0 Å². The molecule has 0 amide bonds. The van der Waals surface area contributed by atoms with Crippen LogP contribution in [0.15, 0.2) is 30.6 Å². The number of aromatic carboxylic acids is 1. The highest BCUT2D eigenvalue weighted by Crippen LogP contribution is 2.30. The quantitative estimate of drug-likeness (QED) is 0.861. The standard InChI is InChI=1S/C13H13N3O4/c1-19-8-3-4-11(20-2)9(5-8)15-12-7-14-6-10(16-12)13(17)18/h3-7H,1-2H3,(H,15,16)(H,17,18). The summed E-state index contributed by atoms with van der Waals surface area (Å²) >= 11 is 0. The molecule has 0 bridgehead atoms. The SMILES string of the molecule is COc1ccc(OC)c(Nc2cncc(C(=O)O)n2)c1. The zero-order valence-electron chi connectivity index (χ0n) is 11.0. The molecule has 0 spiro atoms. The Balaban J connectivity index is 2.33. The van der Waals surface area contributed by atoms with Crippen molar-refractivity contribution in [3.05, 3.63) is 36.3 Å². The number of anilines is 2. The average Bonchev–Trinajstić information content (AvgIpc) is 2.47. The second kappa shape index (κ2) is 5.87. The van der Waals surface area contributed by atoms with Crippen LogP contribution in [0.5, 0.6) is 11.5 Å². The number of carboxylic acid groups (broad SMARTS) is 1. The van der Waals surface area contributed by atoms with E-state index < -0.39 is 5.97 Å². The second-order valence-electron chi connectivity index (χ2n) is 3.79. The number of rotatable bonds is 5. The van der Waals surface area contributed by atoms with Gasteiger partial charge < -0.3 is 19.9 Å². The third-order valence-corrected chi connectivity index (χ3v) is 2.52. The number of nitrogens with zero attached hydrogens (tertiary/aromatic N) is 2. The van der Waals surface area contributed by atoms with Gasteiger partial charge in [0, 0.05) is 6.07 Å². The summed E-state index contributed by atoms with van der Waals surface area (Å²) in [7, 11) is 3.09. The molecule has 2 rings (SSSR count). The molecule has 1 aromatic carbocycles. The normalized spacial score (nSPS) is 9.90. The molecule has 0 fully saturated rings. The summed E-state index contributed by atoms with van der Waals surface area (Å²) in [5.74, 6) is 0.374. The lowest BCUT2D eigenvalue weighted by molar-refractivity contribution is 0.0690. The molecule has 7 nitrogen and oxygen atoms in total. The first kappa shape index (κ1) is 13.6. The lowest BCUT2D eigenvalue weighted by Gasteiger charge is -2.12. The highest BCUT2D eigenvalue weighted by Gasteiger charge is 2.09. The number of carboxylic acids is 1. The summed E-state index contributed by atoms with van der Waals surface area (Å²) in [5, 5.41) is 11.8. The van der Waals surface area contributed by atoms with Gasteiger partial charge in [-0.25, -0.2) is 9.78 Å². The third-order valence-electron chi connectivity index (χ3n) is 2.52. The van der Waals surface area contributed by atoms with Crippen LogP contribution >= 0.6 is 0 Å². The maximum absolute atomic E-state index is 10.9. The Hall–Kier alpha value is -2.83. The highest BCUT2D eigenvalue weighted by atomic mass is 16.5. The molecule has 2 aromatic rings. The number of nitrogens with one attached hydrogen (secondary N) is 1. The molecule has 1 heterocycles. The van der Waals surface area contributed by atoms with E-state index in [2.05, 4.69) is 15.3 Å². The summed E-state index contributed by atoms with van der Waals surface area (Å²) in [5.41, 5.74) is 0.459. The fraction of sp³-hybridized carbons (Fsp3) is 0.154. The van der Waals surface area contributed by atoms with E-state index in [1.54, 1.807) is 25.3 Å². The van der Waals surface area contributed by atoms with Gasteiger partial charge in [0.25, 0.3) is 0 Å². The summed E-state index contributed by atoms with van der Waals surface area (Å²) in [6.07, 6.45) is 2.60. The van der Waals surface area contributed by atoms with Crippen molar-refractivity contribution in [2.75, 3.05) is 19.5 Å². The van der Waals surface area contributed by atoms with Crippen LogP contribution in [-0.4, -0.2) is 35.3 Å². The molecule has 0 aliphatic carbocycles. The van der Waals surface area contributed by atoms with Crippen molar-refractivity contribution in [3.63, 3.8) is 0 Å². The molecule has 1 aromatic heterocycles. The Morgan fingerprint density at radius 3 is 2.70 bits per heavy atom. The number of hydrogen-bond acceptors (Lipinski definition) is 6. The fourth-order valence-electron chi connectivity index (χ4n) is 1.58. The van der Waals surface area contributed by atoms with E-state index in [1.165, 1.54) is 19.5 Å². The number of ether oxygens (including phenoxy) is 2. The van der Waals surface area contributed by atoms with E-state index in [0.717, 1.165) is 0 Å². The maximum atomic E-state index is 10.9. The predicted octanol–water partition coefficient (Wildman–Crippen LogP) is 1.94. The molecule has 0 aliphatic rings. The smallest absolute Gasteiger partial charge is 0.356 e. The molecule has 20 heavy (non-hydrogen) atoms. The summed E-state index contributed by atoms with van der Waals surface area (Å²) in [6, 6.07) is 5.20. The number of aromatic nitrogens is 2. The van der Waals surface area contributed by atoms with Crippen molar-refractivity contribution < 1.29 is 19.4 Å². The van der Waals surface area contributed by atoms with E-state index in [-0.39, 0.29) is 5.69 Å². The van der Waals surface area contributed by atoms with Crippen LogP contribution in [0.25, 0.3) is 0 Å². The molecule has 0 unspecified atom stereocenters. The van der Waals surface area contributed by atoms with Gasteiger partial charge in [-0.3, -0.25) is 4.98 Å². The van der Waals surface area contributed by atoms with Crippen molar-refractivity contribution in [2.45, 2.75) is 0 Å².